The fourth-order valence-electron chi connectivity index (χ4n) is 3.58. The van der Waals surface area contributed by atoms with Gasteiger partial charge in [-0.3, -0.25) is 4.79 Å². The van der Waals surface area contributed by atoms with E-state index in [4.69, 9.17) is 5.73 Å². The van der Waals surface area contributed by atoms with Gasteiger partial charge in [-0.2, -0.15) is 0 Å². The van der Waals surface area contributed by atoms with Crippen LogP contribution in [0.5, 0.6) is 0 Å². The summed E-state index contributed by atoms with van der Waals surface area (Å²) in [6.45, 7) is 0.496. The zero-order valence-corrected chi connectivity index (χ0v) is 15.1. The van der Waals surface area contributed by atoms with Gasteiger partial charge < -0.3 is 11.1 Å². The quantitative estimate of drug-likeness (QED) is 0.824. The van der Waals surface area contributed by atoms with Crippen molar-refractivity contribution in [2.45, 2.75) is 25.3 Å². The van der Waals surface area contributed by atoms with E-state index < -0.39 is 6.04 Å². The predicted octanol–water partition coefficient (Wildman–Crippen LogP) is 3.97. The van der Waals surface area contributed by atoms with Crippen LogP contribution in [-0.2, 0) is 4.79 Å². The van der Waals surface area contributed by atoms with E-state index in [1.165, 1.54) is 24.3 Å². The summed E-state index contributed by atoms with van der Waals surface area (Å²) in [4.78, 5) is 12.8. The zero-order chi connectivity index (χ0) is 17.8. The van der Waals surface area contributed by atoms with Crippen LogP contribution in [0.25, 0.3) is 0 Å². The van der Waals surface area contributed by atoms with Crippen LogP contribution < -0.4 is 11.1 Å². The fourth-order valence-corrected chi connectivity index (χ4v) is 3.58. The molecule has 3 nitrogen and oxygen atoms in total. The van der Waals surface area contributed by atoms with Crippen molar-refractivity contribution in [1.29, 1.82) is 0 Å². The lowest BCUT2D eigenvalue weighted by atomic mass is 9.93. The number of carbonyl (C=O) groups excluding carboxylic acids is 1. The van der Waals surface area contributed by atoms with Crippen molar-refractivity contribution in [3.63, 3.8) is 0 Å². The maximum Gasteiger partial charge on any atom is 0.224 e. The molecule has 1 amide bonds. The third kappa shape index (κ3) is 4.59. The Hall–Kier alpha value is -1.98. The van der Waals surface area contributed by atoms with Crippen molar-refractivity contribution in [2.75, 3.05) is 6.54 Å². The van der Waals surface area contributed by atoms with E-state index in [-0.39, 0.29) is 41.8 Å². The van der Waals surface area contributed by atoms with E-state index in [0.717, 1.165) is 30.4 Å². The van der Waals surface area contributed by atoms with Crippen molar-refractivity contribution in [1.82, 2.24) is 5.32 Å². The number of halogens is 3. The van der Waals surface area contributed by atoms with E-state index in [2.05, 4.69) is 5.32 Å². The summed E-state index contributed by atoms with van der Waals surface area (Å²) in [5.74, 6) is -0.638. The first-order chi connectivity index (χ1) is 12.1. The second-order valence-corrected chi connectivity index (χ2v) is 6.58. The fraction of sp³-hybridized carbons (Fsp3) is 0.350. The number of carbonyl (C=O) groups is 1. The largest absolute Gasteiger partial charge is 0.345 e. The van der Waals surface area contributed by atoms with Crippen LogP contribution in [0.2, 0.25) is 0 Å². The van der Waals surface area contributed by atoms with E-state index >= 15 is 0 Å². The Labute approximate surface area is 158 Å². The maximum absolute atomic E-state index is 13.3. The van der Waals surface area contributed by atoms with Crippen molar-refractivity contribution in [3.05, 3.63) is 71.3 Å². The Morgan fingerprint density at radius 3 is 1.96 bits per heavy atom. The first-order valence-corrected chi connectivity index (χ1v) is 8.60. The molecule has 3 rings (SSSR count). The molecule has 0 aromatic heterocycles. The van der Waals surface area contributed by atoms with Gasteiger partial charge in [0.2, 0.25) is 5.91 Å². The minimum Gasteiger partial charge on any atom is -0.345 e. The maximum atomic E-state index is 13.3. The predicted molar refractivity (Wildman–Crippen MR) is 99.9 cm³/mol. The highest BCUT2D eigenvalue weighted by Gasteiger charge is 2.33. The Morgan fingerprint density at radius 2 is 1.50 bits per heavy atom. The summed E-state index contributed by atoms with van der Waals surface area (Å²) in [5, 5.41) is 3.06. The van der Waals surface area contributed by atoms with Crippen LogP contribution in [0, 0.1) is 23.5 Å². The van der Waals surface area contributed by atoms with Gasteiger partial charge in [-0.05, 0) is 60.7 Å². The van der Waals surface area contributed by atoms with E-state index in [1.54, 1.807) is 24.3 Å². The minimum absolute atomic E-state index is 0. The summed E-state index contributed by atoms with van der Waals surface area (Å²) >= 11 is 0. The highest BCUT2D eigenvalue weighted by molar-refractivity contribution is 5.85. The summed E-state index contributed by atoms with van der Waals surface area (Å²) in [6.07, 6.45) is 2.79. The van der Waals surface area contributed by atoms with E-state index in [0.29, 0.717) is 6.54 Å². The highest BCUT2D eigenvalue weighted by Crippen LogP contribution is 2.32. The third-order valence-electron chi connectivity index (χ3n) is 4.99. The molecule has 2 aromatic rings. The van der Waals surface area contributed by atoms with E-state index in [1.807, 2.05) is 0 Å². The van der Waals surface area contributed by atoms with Crippen LogP contribution in [0.1, 0.15) is 36.4 Å². The second kappa shape index (κ2) is 9.10. The Kier molecular flexibility index (Phi) is 7.12. The molecule has 1 fully saturated rings. The Bertz CT molecular complexity index is 676. The van der Waals surface area contributed by atoms with Gasteiger partial charge in [0.05, 0.1) is 6.04 Å². The van der Waals surface area contributed by atoms with Crippen LogP contribution in [-0.4, -0.2) is 12.5 Å². The van der Waals surface area contributed by atoms with Crippen LogP contribution >= 0.6 is 12.4 Å². The molecule has 2 aromatic carbocycles. The highest BCUT2D eigenvalue weighted by atomic mass is 35.5. The van der Waals surface area contributed by atoms with Crippen molar-refractivity contribution >= 4 is 18.3 Å². The van der Waals surface area contributed by atoms with Crippen LogP contribution in [0.15, 0.2) is 48.5 Å². The molecule has 0 saturated heterocycles. The van der Waals surface area contributed by atoms with Gasteiger partial charge in [-0.25, -0.2) is 8.78 Å². The third-order valence-corrected chi connectivity index (χ3v) is 4.99. The molecule has 1 saturated carbocycles. The first kappa shape index (κ1) is 20.3. The molecule has 0 aliphatic heterocycles. The van der Waals surface area contributed by atoms with Crippen molar-refractivity contribution < 1.29 is 13.6 Å². The average molecular weight is 381 g/mol. The second-order valence-electron chi connectivity index (χ2n) is 6.58. The monoisotopic (exact) mass is 380 g/mol. The zero-order valence-electron chi connectivity index (χ0n) is 14.3. The first-order valence-electron chi connectivity index (χ1n) is 8.60. The molecule has 1 aliphatic rings. The van der Waals surface area contributed by atoms with Gasteiger partial charge in [0.25, 0.3) is 0 Å². The van der Waals surface area contributed by atoms with Gasteiger partial charge in [0, 0.05) is 5.92 Å². The lowest BCUT2D eigenvalue weighted by Crippen LogP contribution is -2.37. The average Bonchev–Trinajstić information content (AvgIpc) is 3.10. The van der Waals surface area contributed by atoms with Crippen LogP contribution in [0.4, 0.5) is 8.78 Å². The van der Waals surface area contributed by atoms with Gasteiger partial charge in [-0.1, -0.05) is 30.7 Å². The molecule has 0 spiro atoms. The molecule has 2 atom stereocenters. The summed E-state index contributed by atoms with van der Waals surface area (Å²) in [5.41, 5.74) is 7.29. The topological polar surface area (TPSA) is 55.1 Å². The smallest absolute Gasteiger partial charge is 0.224 e. The van der Waals surface area contributed by atoms with Crippen molar-refractivity contribution in [2.24, 2.45) is 17.6 Å². The van der Waals surface area contributed by atoms with Gasteiger partial charge in [0.1, 0.15) is 11.6 Å². The summed E-state index contributed by atoms with van der Waals surface area (Å²) in [7, 11) is 0. The van der Waals surface area contributed by atoms with Gasteiger partial charge >= 0.3 is 0 Å². The number of nitrogens with one attached hydrogen (secondary N) is 1. The van der Waals surface area contributed by atoms with E-state index in [9.17, 15) is 13.6 Å². The number of hydrogen-bond acceptors (Lipinski definition) is 2. The number of rotatable bonds is 5. The van der Waals surface area contributed by atoms with Crippen LogP contribution in [0.3, 0.4) is 0 Å². The minimum atomic E-state index is -0.451. The Morgan fingerprint density at radius 1 is 1.00 bits per heavy atom. The number of benzene rings is 2. The molecular weight excluding hydrogens is 358 g/mol. The Balaban J connectivity index is 0.00000243. The van der Waals surface area contributed by atoms with Gasteiger partial charge in [-0.15, -0.1) is 12.4 Å². The molecular formula is C20H23ClF2N2O. The SMILES string of the molecule is Cl.NC[C@H]1CCC[C@H]1C(=O)NC(c1ccc(F)cc1)c1ccc(F)cc1. The molecule has 3 N–H and O–H groups in total. The molecule has 26 heavy (non-hydrogen) atoms. The lowest BCUT2D eigenvalue weighted by Gasteiger charge is -2.24. The number of amides is 1. The normalized spacial score (nSPS) is 19.2. The number of nitrogens with two attached hydrogens (primary N) is 1. The molecule has 6 heteroatoms. The standard InChI is InChI=1S/C20H22F2N2O.ClH/c21-16-8-4-13(5-9-16)19(14-6-10-17(22)11-7-14)24-20(25)18-3-1-2-15(18)12-23;/h4-11,15,18-19H,1-3,12,23H2,(H,24,25);1H/t15-,18-;/m1./s1. The van der Waals surface area contributed by atoms with Gasteiger partial charge in [0.15, 0.2) is 0 Å². The molecule has 0 heterocycles. The molecule has 0 unspecified atom stereocenters. The van der Waals surface area contributed by atoms with Crippen molar-refractivity contribution in [3.8, 4) is 0 Å². The molecule has 0 radical (unpaired) electrons. The lowest BCUT2D eigenvalue weighted by molar-refractivity contribution is -0.126. The summed E-state index contributed by atoms with van der Waals surface area (Å²) in [6, 6.07) is 11.5. The number of hydrogen-bond donors (Lipinski definition) is 2. The molecule has 0 bridgehead atoms. The molecule has 1 aliphatic carbocycles. The molecule has 140 valence electrons. The summed E-state index contributed by atoms with van der Waals surface area (Å²) < 4.78 is 26.5.